The van der Waals surface area contributed by atoms with Crippen molar-refractivity contribution in [3.63, 3.8) is 0 Å². The Kier molecular flexibility index (Phi) is 7.88. The molecular weight excluding hydrogens is 442 g/mol. The van der Waals surface area contributed by atoms with Crippen molar-refractivity contribution >= 4 is 21.2 Å². The molecule has 186 valence electrons. The maximum atomic E-state index is 12.1. The lowest BCUT2D eigenvalue weighted by Crippen LogP contribution is -2.69. The first-order valence-electron chi connectivity index (χ1n) is 13.1. The fourth-order valence-electron chi connectivity index (χ4n) is 6.30. The minimum Gasteiger partial charge on any atom is -0.370 e. The number of nitrogens with one attached hydrogen (secondary N) is 2. The Morgan fingerprint density at radius 1 is 1.00 bits per heavy atom. The summed E-state index contributed by atoms with van der Waals surface area (Å²) in [5.41, 5.74) is 2.15. The highest BCUT2D eigenvalue weighted by Gasteiger charge is 2.55. The second kappa shape index (κ2) is 10.7. The van der Waals surface area contributed by atoms with Crippen LogP contribution in [-0.2, 0) is 9.84 Å². The summed E-state index contributed by atoms with van der Waals surface area (Å²) in [5.74, 6) is 1.13. The van der Waals surface area contributed by atoms with E-state index < -0.39 is 9.84 Å². The number of anilines is 2. The molecule has 4 rings (SSSR count). The SMILES string of the molecule is CCCCC(CCC)C12NC(Nc3ccccc3)CCC1CCN2c1ccc(S(C)(=O)=O)cc1. The molecule has 2 N–H and O–H groups in total. The number of sulfone groups is 1. The van der Waals surface area contributed by atoms with Gasteiger partial charge >= 0.3 is 0 Å². The summed E-state index contributed by atoms with van der Waals surface area (Å²) < 4.78 is 24.1. The fourth-order valence-corrected chi connectivity index (χ4v) is 6.93. The van der Waals surface area contributed by atoms with Gasteiger partial charge in [-0.05, 0) is 80.3 Å². The van der Waals surface area contributed by atoms with E-state index in [2.05, 4.69) is 59.7 Å². The zero-order chi connectivity index (χ0) is 24.2. The molecule has 0 aliphatic carbocycles. The minimum absolute atomic E-state index is 0.123. The number of benzene rings is 2. The molecule has 2 saturated heterocycles. The highest BCUT2D eigenvalue weighted by molar-refractivity contribution is 7.90. The van der Waals surface area contributed by atoms with Gasteiger partial charge in [0.25, 0.3) is 0 Å². The topological polar surface area (TPSA) is 61.4 Å². The maximum absolute atomic E-state index is 12.1. The lowest BCUT2D eigenvalue weighted by molar-refractivity contribution is 0.0816. The van der Waals surface area contributed by atoms with Crippen LogP contribution in [0.4, 0.5) is 11.4 Å². The van der Waals surface area contributed by atoms with Gasteiger partial charge in [-0.2, -0.15) is 0 Å². The molecule has 0 amide bonds. The highest BCUT2D eigenvalue weighted by Crippen LogP contribution is 2.49. The fraction of sp³-hybridized carbons (Fsp3) is 0.571. The van der Waals surface area contributed by atoms with Crippen LogP contribution in [0.5, 0.6) is 0 Å². The number of para-hydroxylation sites is 1. The third kappa shape index (κ3) is 5.13. The molecule has 2 aliphatic heterocycles. The molecule has 4 unspecified atom stereocenters. The van der Waals surface area contributed by atoms with Gasteiger partial charge in [0.05, 0.1) is 16.7 Å². The molecule has 0 saturated carbocycles. The van der Waals surface area contributed by atoms with Crippen LogP contribution in [0.1, 0.15) is 65.2 Å². The smallest absolute Gasteiger partial charge is 0.175 e. The largest absolute Gasteiger partial charge is 0.370 e. The molecule has 2 aliphatic rings. The number of rotatable bonds is 10. The van der Waals surface area contributed by atoms with Crippen LogP contribution in [0.3, 0.4) is 0 Å². The van der Waals surface area contributed by atoms with E-state index in [0.29, 0.717) is 16.7 Å². The number of hydrogen-bond donors (Lipinski definition) is 2. The maximum Gasteiger partial charge on any atom is 0.175 e. The lowest BCUT2D eigenvalue weighted by atomic mass is 9.72. The number of unbranched alkanes of at least 4 members (excludes halogenated alkanes) is 1. The predicted octanol–water partition coefficient (Wildman–Crippen LogP) is 6.04. The van der Waals surface area contributed by atoms with Crippen molar-refractivity contribution in [3.8, 4) is 0 Å². The molecule has 2 aromatic rings. The Hall–Kier alpha value is -2.05. The lowest BCUT2D eigenvalue weighted by Gasteiger charge is -2.54. The van der Waals surface area contributed by atoms with Crippen molar-refractivity contribution in [2.45, 2.75) is 81.9 Å². The van der Waals surface area contributed by atoms with Crippen LogP contribution >= 0.6 is 0 Å². The Morgan fingerprint density at radius 2 is 1.74 bits per heavy atom. The Balaban J connectivity index is 1.71. The Labute approximate surface area is 206 Å². The first kappa shape index (κ1) is 25.1. The van der Waals surface area contributed by atoms with E-state index in [1.54, 1.807) is 12.1 Å². The van der Waals surface area contributed by atoms with E-state index in [-0.39, 0.29) is 11.8 Å². The van der Waals surface area contributed by atoms with E-state index in [1.165, 1.54) is 51.2 Å². The monoisotopic (exact) mass is 483 g/mol. The zero-order valence-corrected chi connectivity index (χ0v) is 21.8. The predicted molar refractivity (Wildman–Crippen MR) is 142 cm³/mol. The van der Waals surface area contributed by atoms with Crippen LogP contribution in [-0.4, -0.2) is 33.0 Å². The van der Waals surface area contributed by atoms with Crippen molar-refractivity contribution in [1.82, 2.24) is 5.32 Å². The molecule has 34 heavy (non-hydrogen) atoms. The van der Waals surface area contributed by atoms with Crippen LogP contribution in [0.15, 0.2) is 59.5 Å². The van der Waals surface area contributed by atoms with E-state index >= 15 is 0 Å². The van der Waals surface area contributed by atoms with Gasteiger partial charge < -0.3 is 10.2 Å². The molecule has 5 nitrogen and oxygen atoms in total. The summed E-state index contributed by atoms with van der Waals surface area (Å²) in [6, 6.07) is 18.1. The Bertz CT molecular complexity index is 1030. The molecule has 6 heteroatoms. The second-order valence-electron chi connectivity index (χ2n) is 10.1. The average molecular weight is 484 g/mol. The van der Waals surface area contributed by atoms with E-state index in [9.17, 15) is 8.42 Å². The van der Waals surface area contributed by atoms with Crippen molar-refractivity contribution in [3.05, 3.63) is 54.6 Å². The van der Waals surface area contributed by atoms with Gasteiger partial charge in [0.1, 0.15) is 0 Å². The number of fused-ring (bicyclic) bond motifs is 1. The third-order valence-electron chi connectivity index (χ3n) is 7.84. The minimum atomic E-state index is -3.21. The quantitative estimate of drug-likeness (QED) is 0.431. The summed E-state index contributed by atoms with van der Waals surface area (Å²) in [6.45, 7) is 5.58. The molecule has 0 bridgehead atoms. The van der Waals surface area contributed by atoms with Gasteiger partial charge in [-0.1, -0.05) is 51.3 Å². The van der Waals surface area contributed by atoms with Crippen LogP contribution in [0.2, 0.25) is 0 Å². The number of nitrogens with zero attached hydrogens (tertiary/aromatic N) is 1. The van der Waals surface area contributed by atoms with E-state index in [1.807, 2.05) is 12.1 Å². The summed E-state index contributed by atoms with van der Waals surface area (Å²) in [6.07, 6.45) is 11.0. The highest BCUT2D eigenvalue weighted by atomic mass is 32.2. The van der Waals surface area contributed by atoms with Crippen LogP contribution in [0.25, 0.3) is 0 Å². The zero-order valence-electron chi connectivity index (χ0n) is 21.0. The molecule has 0 aromatic heterocycles. The van der Waals surface area contributed by atoms with Gasteiger partial charge in [0.15, 0.2) is 9.84 Å². The van der Waals surface area contributed by atoms with Crippen molar-refractivity contribution in [1.29, 1.82) is 0 Å². The van der Waals surface area contributed by atoms with Crippen molar-refractivity contribution in [2.75, 3.05) is 23.0 Å². The van der Waals surface area contributed by atoms with Crippen molar-refractivity contribution in [2.24, 2.45) is 11.8 Å². The summed E-state index contributed by atoms with van der Waals surface area (Å²) in [5, 5.41) is 7.92. The number of piperidine rings is 1. The van der Waals surface area contributed by atoms with Crippen LogP contribution < -0.4 is 15.5 Å². The summed E-state index contributed by atoms with van der Waals surface area (Å²) in [4.78, 5) is 2.97. The first-order chi connectivity index (χ1) is 16.4. The normalized spacial score (nSPS) is 25.7. The summed E-state index contributed by atoms with van der Waals surface area (Å²) >= 11 is 0. The van der Waals surface area contributed by atoms with Gasteiger partial charge in [-0.3, -0.25) is 5.32 Å². The van der Waals surface area contributed by atoms with Crippen LogP contribution in [0, 0.1) is 11.8 Å². The van der Waals surface area contributed by atoms with Gasteiger partial charge in [0.2, 0.25) is 0 Å². The molecule has 0 spiro atoms. The summed E-state index contributed by atoms with van der Waals surface area (Å²) in [7, 11) is -3.21. The standard InChI is InChI=1S/C28H41N3O2S/c1-4-6-11-22(10-5-2)28-23(14-19-27(30-28)29-24-12-8-7-9-13-24)20-21-31(28)25-15-17-26(18-16-25)34(3,32)33/h7-9,12-13,15-18,22-23,27,29-30H,4-6,10-11,14,19-21H2,1-3H3. The van der Waals surface area contributed by atoms with Gasteiger partial charge in [0, 0.05) is 24.2 Å². The molecule has 0 radical (unpaired) electrons. The van der Waals surface area contributed by atoms with Crippen molar-refractivity contribution < 1.29 is 8.42 Å². The number of hydrogen-bond acceptors (Lipinski definition) is 5. The molecule has 2 aromatic carbocycles. The van der Waals surface area contributed by atoms with Gasteiger partial charge in [-0.15, -0.1) is 0 Å². The van der Waals surface area contributed by atoms with E-state index in [0.717, 1.165) is 24.3 Å². The first-order valence-corrected chi connectivity index (χ1v) is 14.9. The van der Waals surface area contributed by atoms with Gasteiger partial charge in [-0.25, -0.2) is 8.42 Å². The third-order valence-corrected chi connectivity index (χ3v) is 8.96. The Morgan fingerprint density at radius 3 is 2.38 bits per heavy atom. The molecule has 2 heterocycles. The molecule has 2 fully saturated rings. The molecular formula is C28H41N3O2S. The average Bonchev–Trinajstić information content (AvgIpc) is 3.21. The second-order valence-corrected chi connectivity index (χ2v) is 12.2. The van der Waals surface area contributed by atoms with E-state index in [4.69, 9.17) is 0 Å². The molecule has 4 atom stereocenters.